The van der Waals surface area contributed by atoms with E-state index in [1.807, 2.05) is 13.8 Å². The highest BCUT2D eigenvalue weighted by molar-refractivity contribution is 7.92. The lowest BCUT2D eigenvalue weighted by Crippen LogP contribution is -2.32. The maximum Gasteiger partial charge on any atom is 0.251 e. The Bertz CT molecular complexity index is 849. The lowest BCUT2D eigenvalue weighted by molar-refractivity contribution is 0.0939. The van der Waals surface area contributed by atoms with E-state index in [-0.39, 0.29) is 18.5 Å². The predicted octanol–water partition coefficient (Wildman–Crippen LogP) is 3.83. The number of anilines is 1. The van der Waals surface area contributed by atoms with Gasteiger partial charge in [0.25, 0.3) is 5.91 Å². The SMILES string of the molecule is CC[C@@H](C)NC(=O)c1ccc(N(Cc2ccc(Cl)cc2)S(C)(=O)=O)cc1. The minimum absolute atomic E-state index is 0.0830. The van der Waals surface area contributed by atoms with E-state index in [1.165, 1.54) is 4.31 Å². The van der Waals surface area contributed by atoms with Crippen LogP contribution in [0.25, 0.3) is 0 Å². The van der Waals surface area contributed by atoms with E-state index < -0.39 is 10.0 Å². The Labute approximate surface area is 160 Å². The van der Waals surface area contributed by atoms with Crippen molar-refractivity contribution in [3.63, 3.8) is 0 Å². The zero-order valence-corrected chi connectivity index (χ0v) is 16.6. The molecule has 0 fully saturated rings. The van der Waals surface area contributed by atoms with Crippen molar-refractivity contribution in [2.45, 2.75) is 32.9 Å². The number of hydrogen-bond donors (Lipinski definition) is 1. The average molecular weight is 395 g/mol. The van der Waals surface area contributed by atoms with Crippen LogP contribution in [0.4, 0.5) is 5.69 Å². The van der Waals surface area contributed by atoms with Crippen molar-refractivity contribution in [3.05, 3.63) is 64.7 Å². The first-order valence-electron chi connectivity index (χ1n) is 8.33. The number of nitrogens with one attached hydrogen (secondary N) is 1. The lowest BCUT2D eigenvalue weighted by Gasteiger charge is -2.23. The largest absolute Gasteiger partial charge is 0.350 e. The van der Waals surface area contributed by atoms with Gasteiger partial charge in [0.2, 0.25) is 10.0 Å². The van der Waals surface area contributed by atoms with Crippen LogP contribution in [-0.2, 0) is 16.6 Å². The minimum atomic E-state index is -3.48. The third-order valence-corrected chi connectivity index (χ3v) is 5.44. The van der Waals surface area contributed by atoms with Gasteiger partial charge in [-0.15, -0.1) is 0 Å². The maximum atomic E-state index is 12.2. The van der Waals surface area contributed by atoms with Crippen LogP contribution in [0.1, 0.15) is 36.2 Å². The van der Waals surface area contributed by atoms with Gasteiger partial charge in [-0.25, -0.2) is 8.42 Å². The number of benzene rings is 2. The Hall–Kier alpha value is -2.05. The van der Waals surface area contributed by atoms with Crippen molar-refractivity contribution in [1.82, 2.24) is 5.32 Å². The van der Waals surface area contributed by atoms with E-state index in [0.29, 0.717) is 16.3 Å². The zero-order chi connectivity index (χ0) is 19.3. The number of hydrogen-bond acceptors (Lipinski definition) is 3. The van der Waals surface area contributed by atoms with Gasteiger partial charge in [-0.1, -0.05) is 30.7 Å². The number of amides is 1. The van der Waals surface area contributed by atoms with Crippen LogP contribution in [0, 0.1) is 0 Å². The van der Waals surface area contributed by atoms with Gasteiger partial charge in [0.15, 0.2) is 0 Å². The van der Waals surface area contributed by atoms with Crippen LogP contribution in [0.5, 0.6) is 0 Å². The van der Waals surface area contributed by atoms with Crippen molar-refractivity contribution in [1.29, 1.82) is 0 Å². The number of carbonyl (C=O) groups excluding carboxylic acids is 1. The summed E-state index contributed by atoms with van der Waals surface area (Å²) in [7, 11) is -3.48. The van der Waals surface area contributed by atoms with Gasteiger partial charge in [0.05, 0.1) is 18.5 Å². The molecule has 0 spiro atoms. The van der Waals surface area contributed by atoms with Gasteiger partial charge >= 0.3 is 0 Å². The van der Waals surface area contributed by atoms with Gasteiger partial charge in [0.1, 0.15) is 0 Å². The van der Waals surface area contributed by atoms with E-state index >= 15 is 0 Å². The summed E-state index contributed by atoms with van der Waals surface area (Å²) in [6.07, 6.45) is 2.00. The molecule has 1 N–H and O–H groups in total. The third kappa shape index (κ3) is 5.47. The molecule has 0 heterocycles. The summed E-state index contributed by atoms with van der Waals surface area (Å²) >= 11 is 5.88. The summed E-state index contributed by atoms with van der Waals surface area (Å²) in [4.78, 5) is 12.2. The molecule has 0 radical (unpaired) electrons. The molecule has 0 aliphatic rings. The molecule has 1 amide bonds. The van der Waals surface area contributed by atoms with Gasteiger partial charge in [-0.3, -0.25) is 9.10 Å². The summed E-state index contributed by atoms with van der Waals surface area (Å²) in [5, 5.41) is 3.48. The van der Waals surface area contributed by atoms with E-state index in [2.05, 4.69) is 5.32 Å². The Balaban J connectivity index is 2.23. The Kier molecular flexibility index (Phi) is 6.67. The molecule has 7 heteroatoms. The molecule has 5 nitrogen and oxygen atoms in total. The van der Waals surface area contributed by atoms with Crippen LogP contribution in [-0.4, -0.2) is 26.6 Å². The fraction of sp³-hybridized carbons (Fsp3) is 0.316. The maximum absolute atomic E-state index is 12.2. The Morgan fingerprint density at radius 2 is 1.69 bits per heavy atom. The van der Waals surface area contributed by atoms with Crippen LogP contribution < -0.4 is 9.62 Å². The number of carbonyl (C=O) groups is 1. The van der Waals surface area contributed by atoms with Crippen LogP contribution in [0.2, 0.25) is 5.02 Å². The van der Waals surface area contributed by atoms with Crippen LogP contribution in [0.3, 0.4) is 0 Å². The van der Waals surface area contributed by atoms with E-state index in [1.54, 1.807) is 48.5 Å². The number of sulfonamides is 1. The fourth-order valence-corrected chi connectivity index (χ4v) is 3.36. The molecule has 140 valence electrons. The molecule has 0 aliphatic carbocycles. The predicted molar refractivity (Wildman–Crippen MR) is 106 cm³/mol. The molecule has 26 heavy (non-hydrogen) atoms. The van der Waals surface area contributed by atoms with Crippen molar-refractivity contribution in [2.24, 2.45) is 0 Å². The molecule has 1 atom stereocenters. The lowest BCUT2D eigenvalue weighted by atomic mass is 10.1. The molecule has 0 saturated heterocycles. The van der Waals surface area contributed by atoms with Gasteiger partial charge < -0.3 is 5.32 Å². The van der Waals surface area contributed by atoms with Crippen molar-refractivity contribution >= 4 is 33.2 Å². The number of nitrogens with zero attached hydrogens (tertiary/aromatic N) is 1. The molecule has 2 rings (SSSR count). The molecular formula is C19H23ClN2O3S. The summed E-state index contributed by atoms with van der Waals surface area (Å²) in [6, 6.07) is 13.6. The highest BCUT2D eigenvalue weighted by atomic mass is 35.5. The summed E-state index contributed by atoms with van der Waals surface area (Å²) in [6.45, 7) is 4.12. The molecular weight excluding hydrogens is 372 g/mol. The average Bonchev–Trinajstić information content (AvgIpc) is 2.60. The quantitative estimate of drug-likeness (QED) is 0.775. The van der Waals surface area contributed by atoms with Crippen LogP contribution >= 0.6 is 11.6 Å². The topological polar surface area (TPSA) is 66.5 Å². The summed E-state index contributed by atoms with van der Waals surface area (Å²) in [5.41, 5.74) is 1.81. The van der Waals surface area contributed by atoms with Gasteiger partial charge in [-0.05, 0) is 55.3 Å². The molecule has 2 aromatic carbocycles. The first-order chi connectivity index (χ1) is 12.2. The monoisotopic (exact) mass is 394 g/mol. The second-order valence-corrected chi connectivity index (χ2v) is 8.57. The second-order valence-electron chi connectivity index (χ2n) is 6.23. The first kappa shape index (κ1) is 20.3. The fourth-order valence-electron chi connectivity index (χ4n) is 2.34. The van der Waals surface area contributed by atoms with Crippen molar-refractivity contribution in [2.75, 3.05) is 10.6 Å². The normalized spacial score (nSPS) is 12.5. The molecule has 0 aromatic heterocycles. The second kappa shape index (κ2) is 8.56. The number of halogens is 1. The Morgan fingerprint density at radius 3 is 2.19 bits per heavy atom. The summed E-state index contributed by atoms with van der Waals surface area (Å²) < 4.78 is 25.8. The first-order valence-corrected chi connectivity index (χ1v) is 10.6. The Morgan fingerprint density at radius 1 is 1.12 bits per heavy atom. The molecule has 0 unspecified atom stereocenters. The van der Waals surface area contributed by atoms with Crippen molar-refractivity contribution < 1.29 is 13.2 Å². The molecule has 2 aromatic rings. The smallest absolute Gasteiger partial charge is 0.251 e. The van der Waals surface area contributed by atoms with E-state index in [0.717, 1.165) is 18.2 Å². The molecule has 0 saturated carbocycles. The standard InChI is InChI=1S/C19H23ClN2O3S/c1-4-14(2)21-19(23)16-7-11-18(12-8-16)22(26(3,24)25)13-15-5-9-17(20)10-6-15/h5-12,14H,4,13H2,1-3H3,(H,21,23)/t14-/m1/s1. The highest BCUT2D eigenvalue weighted by Gasteiger charge is 2.18. The highest BCUT2D eigenvalue weighted by Crippen LogP contribution is 2.22. The van der Waals surface area contributed by atoms with Gasteiger partial charge in [0, 0.05) is 16.6 Å². The summed E-state index contributed by atoms with van der Waals surface area (Å²) in [5.74, 6) is -0.172. The molecule has 0 aliphatic heterocycles. The van der Waals surface area contributed by atoms with Crippen molar-refractivity contribution in [3.8, 4) is 0 Å². The van der Waals surface area contributed by atoms with Crippen LogP contribution in [0.15, 0.2) is 48.5 Å². The molecule has 0 bridgehead atoms. The van der Waals surface area contributed by atoms with E-state index in [9.17, 15) is 13.2 Å². The minimum Gasteiger partial charge on any atom is -0.350 e. The number of rotatable bonds is 7. The third-order valence-electron chi connectivity index (χ3n) is 4.05. The van der Waals surface area contributed by atoms with Gasteiger partial charge in [-0.2, -0.15) is 0 Å². The zero-order valence-electron chi connectivity index (χ0n) is 15.1. The van der Waals surface area contributed by atoms with E-state index in [4.69, 9.17) is 11.6 Å².